The van der Waals surface area contributed by atoms with Crippen LogP contribution < -0.4 is 4.74 Å². The number of carbonyl (C=O) groups is 1. The van der Waals surface area contributed by atoms with Crippen LogP contribution in [-0.2, 0) is 11.2 Å². The summed E-state index contributed by atoms with van der Waals surface area (Å²) >= 11 is 0. The van der Waals surface area contributed by atoms with E-state index in [1.807, 2.05) is 0 Å². The van der Waals surface area contributed by atoms with Crippen molar-refractivity contribution in [2.75, 3.05) is 7.11 Å². The van der Waals surface area contributed by atoms with E-state index in [9.17, 15) is 4.79 Å². The first-order chi connectivity index (χ1) is 9.10. The molecule has 1 unspecified atom stereocenters. The van der Waals surface area contributed by atoms with E-state index in [-0.39, 0.29) is 6.42 Å². The largest absolute Gasteiger partial charge is 0.497 e. The molecule has 0 saturated heterocycles. The van der Waals surface area contributed by atoms with Crippen LogP contribution in [0.5, 0.6) is 5.75 Å². The first-order valence-corrected chi connectivity index (χ1v) is 5.79. The summed E-state index contributed by atoms with van der Waals surface area (Å²) < 4.78 is 10.5. The van der Waals surface area contributed by atoms with Crippen molar-refractivity contribution in [3.05, 3.63) is 30.2 Å². The fraction of sp³-hybridized carbons (Fsp3) is 0.308. The number of methoxy groups -OCH3 is 1. The molecule has 6 heteroatoms. The van der Waals surface area contributed by atoms with Gasteiger partial charge >= 0.3 is 5.97 Å². The molecule has 6 nitrogen and oxygen atoms in total. The van der Waals surface area contributed by atoms with Crippen LogP contribution in [0.15, 0.2) is 28.7 Å². The van der Waals surface area contributed by atoms with E-state index in [2.05, 4.69) is 10.2 Å². The molecule has 1 atom stereocenters. The Morgan fingerprint density at radius 2 is 2.05 bits per heavy atom. The van der Waals surface area contributed by atoms with Gasteiger partial charge in [-0.3, -0.25) is 4.79 Å². The fourth-order valence-electron chi connectivity index (χ4n) is 1.54. The molecule has 0 amide bonds. The molecule has 1 N–H and O–H groups in total. The Hall–Kier alpha value is -2.37. The Labute approximate surface area is 110 Å². The molecule has 0 aliphatic carbocycles. The number of aliphatic carboxylic acids is 1. The molecule has 0 bridgehead atoms. The summed E-state index contributed by atoms with van der Waals surface area (Å²) in [6, 6.07) is 7.19. The van der Waals surface area contributed by atoms with Crippen molar-refractivity contribution in [3.8, 4) is 17.2 Å². The first-order valence-electron chi connectivity index (χ1n) is 5.79. The SMILES string of the molecule is COc1ccc(-c2nnc(CC(C)C(=O)O)o2)cc1. The lowest BCUT2D eigenvalue weighted by Crippen LogP contribution is -2.12. The zero-order valence-electron chi connectivity index (χ0n) is 10.7. The fourth-order valence-corrected chi connectivity index (χ4v) is 1.54. The molecular formula is C13H14N2O4. The van der Waals surface area contributed by atoms with Crippen molar-refractivity contribution in [3.63, 3.8) is 0 Å². The van der Waals surface area contributed by atoms with Gasteiger partial charge < -0.3 is 14.3 Å². The normalized spacial score (nSPS) is 12.1. The Morgan fingerprint density at radius 3 is 2.63 bits per heavy atom. The van der Waals surface area contributed by atoms with Gasteiger partial charge in [-0.15, -0.1) is 10.2 Å². The smallest absolute Gasteiger partial charge is 0.306 e. The summed E-state index contributed by atoms with van der Waals surface area (Å²) in [4.78, 5) is 10.7. The summed E-state index contributed by atoms with van der Waals surface area (Å²) in [5.74, 6) is -0.00712. The van der Waals surface area contributed by atoms with Crippen molar-refractivity contribution in [2.45, 2.75) is 13.3 Å². The van der Waals surface area contributed by atoms with Crippen LogP contribution in [-0.4, -0.2) is 28.4 Å². The third kappa shape index (κ3) is 3.09. The third-order valence-corrected chi connectivity index (χ3v) is 2.71. The molecule has 0 fully saturated rings. The molecule has 0 radical (unpaired) electrons. The zero-order chi connectivity index (χ0) is 13.8. The maximum absolute atomic E-state index is 10.7. The lowest BCUT2D eigenvalue weighted by Gasteiger charge is -2.01. The Balaban J connectivity index is 2.13. The van der Waals surface area contributed by atoms with Gasteiger partial charge in [0.25, 0.3) is 0 Å². The summed E-state index contributed by atoms with van der Waals surface area (Å²) in [7, 11) is 1.59. The molecule has 19 heavy (non-hydrogen) atoms. The predicted octanol–water partition coefficient (Wildman–Crippen LogP) is 2.01. The quantitative estimate of drug-likeness (QED) is 0.887. The molecule has 2 aromatic rings. The zero-order valence-corrected chi connectivity index (χ0v) is 10.7. The molecule has 1 aromatic carbocycles. The summed E-state index contributed by atoms with van der Waals surface area (Å²) in [6.07, 6.45) is 0.221. The van der Waals surface area contributed by atoms with Gasteiger partial charge in [-0.2, -0.15) is 0 Å². The number of nitrogens with zero attached hydrogens (tertiary/aromatic N) is 2. The highest BCUT2D eigenvalue weighted by molar-refractivity contribution is 5.69. The van der Waals surface area contributed by atoms with Crippen molar-refractivity contribution in [1.82, 2.24) is 10.2 Å². The lowest BCUT2D eigenvalue weighted by atomic mass is 10.1. The van der Waals surface area contributed by atoms with E-state index in [4.69, 9.17) is 14.3 Å². The molecule has 0 aliphatic heterocycles. The predicted molar refractivity (Wildman–Crippen MR) is 66.8 cm³/mol. The lowest BCUT2D eigenvalue weighted by molar-refractivity contribution is -0.141. The van der Waals surface area contributed by atoms with E-state index in [1.165, 1.54) is 0 Å². The Morgan fingerprint density at radius 1 is 1.37 bits per heavy atom. The monoisotopic (exact) mass is 262 g/mol. The number of rotatable bonds is 5. The summed E-state index contributed by atoms with van der Waals surface area (Å²) in [5, 5.41) is 16.6. The van der Waals surface area contributed by atoms with Gasteiger partial charge in [0.15, 0.2) is 0 Å². The highest BCUT2D eigenvalue weighted by atomic mass is 16.5. The van der Waals surface area contributed by atoms with Crippen molar-refractivity contribution in [1.29, 1.82) is 0 Å². The third-order valence-electron chi connectivity index (χ3n) is 2.71. The van der Waals surface area contributed by atoms with Crippen LogP contribution in [0.25, 0.3) is 11.5 Å². The number of carboxylic acid groups (broad SMARTS) is 1. The second kappa shape index (κ2) is 5.51. The van der Waals surface area contributed by atoms with Gasteiger partial charge in [-0.05, 0) is 24.3 Å². The highest BCUT2D eigenvalue weighted by Gasteiger charge is 2.16. The summed E-state index contributed by atoms with van der Waals surface area (Å²) in [6.45, 7) is 1.60. The molecular weight excluding hydrogens is 248 g/mol. The minimum atomic E-state index is -0.885. The van der Waals surface area contributed by atoms with Crippen LogP contribution in [0.3, 0.4) is 0 Å². The second-order valence-electron chi connectivity index (χ2n) is 4.17. The molecule has 100 valence electrons. The molecule has 0 aliphatic rings. The summed E-state index contributed by atoms with van der Waals surface area (Å²) in [5.41, 5.74) is 0.766. The van der Waals surface area contributed by atoms with Crippen LogP contribution >= 0.6 is 0 Å². The Kier molecular flexibility index (Phi) is 3.79. The number of aromatic nitrogens is 2. The van der Waals surface area contributed by atoms with Crippen LogP contribution in [0.2, 0.25) is 0 Å². The number of hydrogen-bond donors (Lipinski definition) is 1. The highest BCUT2D eigenvalue weighted by Crippen LogP contribution is 2.21. The number of ether oxygens (including phenoxy) is 1. The second-order valence-corrected chi connectivity index (χ2v) is 4.17. The van der Waals surface area contributed by atoms with E-state index < -0.39 is 11.9 Å². The number of hydrogen-bond acceptors (Lipinski definition) is 5. The standard InChI is InChI=1S/C13H14N2O4/c1-8(13(16)17)7-11-14-15-12(19-11)9-3-5-10(18-2)6-4-9/h3-6,8H,7H2,1-2H3,(H,16,17). The average Bonchev–Trinajstić information content (AvgIpc) is 2.87. The topological polar surface area (TPSA) is 85.5 Å². The van der Waals surface area contributed by atoms with E-state index >= 15 is 0 Å². The van der Waals surface area contributed by atoms with Crippen LogP contribution in [0, 0.1) is 5.92 Å². The Bertz CT molecular complexity index is 562. The van der Waals surface area contributed by atoms with Crippen molar-refractivity contribution in [2.24, 2.45) is 5.92 Å². The van der Waals surface area contributed by atoms with E-state index in [1.54, 1.807) is 38.3 Å². The van der Waals surface area contributed by atoms with Crippen molar-refractivity contribution < 1.29 is 19.1 Å². The van der Waals surface area contributed by atoms with E-state index in [0.717, 1.165) is 11.3 Å². The van der Waals surface area contributed by atoms with Gasteiger partial charge in [0, 0.05) is 12.0 Å². The average molecular weight is 262 g/mol. The van der Waals surface area contributed by atoms with E-state index in [0.29, 0.717) is 11.8 Å². The van der Waals surface area contributed by atoms with Crippen LogP contribution in [0.4, 0.5) is 0 Å². The molecule has 1 aromatic heterocycles. The van der Waals surface area contributed by atoms with Crippen molar-refractivity contribution >= 4 is 5.97 Å². The number of benzene rings is 1. The van der Waals surface area contributed by atoms with Gasteiger partial charge in [-0.1, -0.05) is 6.92 Å². The van der Waals surface area contributed by atoms with Gasteiger partial charge in [0.2, 0.25) is 11.8 Å². The minimum Gasteiger partial charge on any atom is -0.497 e. The minimum absolute atomic E-state index is 0.221. The van der Waals surface area contributed by atoms with Gasteiger partial charge in [0.1, 0.15) is 5.75 Å². The maximum Gasteiger partial charge on any atom is 0.306 e. The molecule has 0 spiro atoms. The molecule has 1 heterocycles. The molecule has 2 rings (SSSR count). The number of carboxylic acids is 1. The van der Waals surface area contributed by atoms with Crippen LogP contribution in [0.1, 0.15) is 12.8 Å². The molecule has 0 saturated carbocycles. The first kappa shape index (κ1) is 13.1. The van der Waals surface area contributed by atoms with Gasteiger partial charge in [0.05, 0.1) is 13.0 Å². The maximum atomic E-state index is 10.7. The van der Waals surface area contributed by atoms with Gasteiger partial charge in [-0.25, -0.2) is 0 Å².